The van der Waals surface area contributed by atoms with Gasteiger partial charge in [0.15, 0.2) is 11.6 Å². The van der Waals surface area contributed by atoms with Gasteiger partial charge in [-0.1, -0.05) is 0 Å². The molecular weight excluding hydrogens is 248 g/mol. The molecule has 106 valence electrons. The van der Waals surface area contributed by atoms with Gasteiger partial charge in [0.25, 0.3) is 0 Å². The molecule has 0 saturated heterocycles. The Morgan fingerprint density at radius 3 is 1.67 bits per heavy atom. The highest BCUT2D eigenvalue weighted by Gasteiger charge is 2.50. The molecule has 0 rings (SSSR count). The van der Waals surface area contributed by atoms with Crippen LogP contribution in [0.4, 0.5) is 0 Å². The number of Topliss-reactive ketones (excluding diaryl/α,β-unsaturated/α-hetero) is 2. The van der Waals surface area contributed by atoms with Crippen molar-refractivity contribution in [3.8, 4) is 0 Å². The van der Waals surface area contributed by atoms with Crippen LogP contribution in [0, 0.1) is 0 Å². The molecule has 6 N–H and O–H groups in total. The second-order valence-corrected chi connectivity index (χ2v) is 4.05. The van der Waals surface area contributed by atoms with E-state index in [2.05, 4.69) is 0 Å². The van der Waals surface area contributed by atoms with Gasteiger partial charge >= 0.3 is 0 Å². The van der Waals surface area contributed by atoms with E-state index in [1.54, 1.807) is 0 Å². The third-order valence-corrected chi connectivity index (χ3v) is 2.76. The van der Waals surface area contributed by atoms with Gasteiger partial charge < -0.3 is 30.6 Å². The van der Waals surface area contributed by atoms with Crippen molar-refractivity contribution in [3.63, 3.8) is 0 Å². The van der Waals surface area contributed by atoms with Crippen molar-refractivity contribution >= 4 is 11.6 Å². The fraction of sp³-hybridized carbons (Fsp3) is 0.800. The second kappa shape index (κ2) is 6.32. The highest BCUT2D eigenvalue weighted by atomic mass is 16.4. The summed E-state index contributed by atoms with van der Waals surface area (Å²) in [7, 11) is 0. The van der Waals surface area contributed by atoms with Crippen LogP contribution in [-0.2, 0) is 9.59 Å². The Labute approximate surface area is 103 Å². The third-order valence-electron chi connectivity index (χ3n) is 2.76. The Kier molecular flexibility index (Phi) is 6.00. The summed E-state index contributed by atoms with van der Waals surface area (Å²) in [6.07, 6.45) is -8.35. The molecule has 4 atom stereocenters. The lowest BCUT2D eigenvalue weighted by molar-refractivity contribution is -0.184. The molecule has 0 radical (unpaired) electrons. The van der Waals surface area contributed by atoms with Gasteiger partial charge in [-0.25, -0.2) is 0 Å². The summed E-state index contributed by atoms with van der Waals surface area (Å²) in [4.78, 5) is 22.4. The van der Waals surface area contributed by atoms with Crippen LogP contribution in [0.2, 0.25) is 0 Å². The average molecular weight is 266 g/mol. The van der Waals surface area contributed by atoms with Crippen molar-refractivity contribution in [3.05, 3.63) is 0 Å². The molecule has 0 aromatic heterocycles. The maximum Gasteiger partial charge on any atom is 0.209 e. The standard InChI is InChI=1S/C10H18O8/c1-4(12)10(18,5(2)13)9(17)8(16)7(15)6(14)3-11/h6-9,11,14-18H,3H2,1-2H3/t6-,7-,8+,9-/m1/s1. The zero-order valence-corrected chi connectivity index (χ0v) is 10.0. The maximum atomic E-state index is 11.2. The van der Waals surface area contributed by atoms with Gasteiger partial charge in [-0.05, 0) is 13.8 Å². The zero-order chi connectivity index (χ0) is 14.7. The van der Waals surface area contributed by atoms with Crippen LogP contribution in [0.3, 0.4) is 0 Å². The number of rotatable bonds is 7. The van der Waals surface area contributed by atoms with E-state index in [1.807, 2.05) is 0 Å². The number of carbonyl (C=O) groups is 2. The fourth-order valence-electron chi connectivity index (χ4n) is 1.43. The number of aliphatic hydroxyl groups excluding tert-OH is 5. The highest BCUT2D eigenvalue weighted by Crippen LogP contribution is 2.20. The molecule has 8 nitrogen and oxygen atoms in total. The number of ketones is 2. The molecule has 18 heavy (non-hydrogen) atoms. The molecule has 0 heterocycles. The van der Waals surface area contributed by atoms with Crippen LogP contribution in [0.5, 0.6) is 0 Å². The first-order valence-corrected chi connectivity index (χ1v) is 5.18. The topological polar surface area (TPSA) is 156 Å². The zero-order valence-electron chi connectivity index (χ0n) is 10.0. The molecule has 0 amide bonds. The molecule has 8 heteroatoms. The van der Waals surface area contributed by atoms with Crippen molar-refractivity contribution in [1.82, 2.24) is 0 Å². The summed E-state index contributed by atoms with van der Waals surface area (Å²) in [6, 6.07) is 0. The van der Waals surface area contributed by atoms with Gasteiger partial charge in [-0.15, -0.1) is 0 Å². The third kappa shape index (κ3) is 3.10. The normalized spacial score (nSPS) is 18.9. The van der Waals surface area contributed by atoms with Gasteiger partial charge in [0.1, 0.15) is 24.4 Å². The summed E-state index contributed by atoms with van der Waals surface area (Å²) in [5.41, 5.74) is -2.88. The lowest BCUT2D eigenvalue weighted by Crippen LogP contribution is -2.62. The first-order valence-electron chi connectivity index (χ1n) is 5.18. The van der Waals surface area contributed by atoms with Crippen LogP contribution in [-0.4, -0.2) is 78.8 Å². The number of carbonyl (C=O) groups excluding carboxylic acids is 2. The lowest BCUT2D eigenvalue weighted by atomic mass is 9.83. The maximum absolute atomic E-state index is 11.2. The lowest BCUT2D eigenvalue weighted by Gasteiger charge is -2.34. The molecule has 0 aliphatic carbocycles. The molecule has 0 aromatic carbocycles. The van der Waals surface area contributed by atoms with Crippen LogP contribution >= 0.6 is 0 Å². The van der Waals surface area contributed by atoms with E-state index in [1.165, 1.54) is 0 Å². The summed E-state index contributed by atoms with van der Waals surface area (Å²) in [5.74, 6) is -2.24. The van der Waals surface area contributed by atoms with Crippen molar-refractivity contribution < 1.29 is 40.2 Å². The molecule has 0 aromatic rings. The van der Waals surface area contributed by atoms with E-state index in [4.69, 9.17) is 10.2 Å². The van der Waals surface area contributed by atoms with Crippen LogP contribution in [0.25, 0.3) is 0 Å². The van der Waals surface area contributed by atoms with Crippen LogP contribution < -0.4 is 0 Å². The molecule has 0 aliphatic heterocycles. The Bertz CT molecular complexity index is 301. The minimum Gasteiger partial charge on any atom is -0.394 e. The van der Waals surface area contributed by atoms with E-state index in [-0.39, 0.29) is 0 Å². The highest BCUT2D eigenvalue weighted by molar-refractivity contribution is 6.09. The van der Waals surface area contributed by atoms with E-state index in [0.717, 1.165) is 13.8 Å². The first-order chi connectivity index (χ1) is 8.10. The van der Waals surface area contributed by atoms with Crippen LogP contribution in [0.15, 0.2) is 0 Å². The van der Waals surface area contributed by atoms with Gasteiger partial charge in [0, 0.05) is 0 Å². The Balaban J connectivity index is 5.17. The SMILES string of the molecule is CC(=O)C(O)(C(C)=O)[C@H](O)[C@@H](O)[C@H](O)[C@H](O)CO. The first kappa shape index (κ1) is 17.1. The predicted octanol–water partition coefficient (Wildman–Crippen LogP) is -3.67. The number of aliphatic hydroxyl groups is 6. The predicted molar refractivity (Wildman–Crippen MR) is 57.4 cm³/mol. The van der Waals surface area contributed by atoms with Gasteiger partial charge in [0.05, 0.1) is 6.61 Å². The molecule has 0 unspecified atom stereocenters. The van der Waals surface area contributed by atoms with Gasteiger partial charge in [-0.2, -0.15) is 0 Å². The number of hydrogen-bond acceptors (Lipinski definition) is 8. The van der Waals surface area contributed by atoms with E-state index >= 15 is 0 Å². The summed E-state index contributed by atoms with van der Waals surface area (Å²) >= 11 is 0. The molecule has 0 aliphatic rings. The monoisotopic (exact) mass is 266 g/mol. The van der Waals surface area contributed by atoms with Crippen molar-refractivity contribution in [2.45, 2.75) is 43.9 Å². The van der Waals surface area contributed by atoms with E-state index in [9.17, 15) is 30.0 Å². The second-order valence-electron chi connectivity index (χ2n) is 4.05. The van der Waals surface area contributed by atoms with Crippen molar-refractivity contribution in [2.24, 2.45) is 0 Å². The Morgan fingerprint density at radius 1 is 1.00 bits per heavy atom. The molecule has 0 spiro atoms. The molecular formula is C10H18O8. The molecule has 0 bridgehead atoms. The molecule has 0 fully saturated rings. The van der Waals surface area contributed by atoms with Gasteiger partial charge in [0.2, 0.25) is 5.60 Å². The summed E-state index contributed by atoms with van der Waals surface area (Å²) < 4.78 is 0. The fourth-order valence-corrected chi connectivity index (χ4v) is 1.43. The summed E-state index contributed by atoms with van der Waals surface area (Å²) in [6.45, 7) is 0.738. The molecule has 0 saturated carbocycles. The minimum absolute atomic E-state index is 0.826. The smallest absolute Gasteiger partial charge is 0.209 e. The quantitative estimate of drug-likeness (QED) is 0.257. The van der Waals surface area contributed by atoms with E-state index in [0.29, 0.717) is 0 Å². The van der Waals surface area contributed by atoms with Crippen molar-refractivity contribution in [2.75, 3.05) is 6.61 Å². The largest absolute Gasteiger partial charge is 0.394 e. The van der Waals surface area contributed by atoms with E-state index < -0.39 is 48.2 Å². The van der Waals surface area contributed by atoms with Gasteiger partial charge in [-0.3, -0.25) is 9.59 Å². The van der Waals surface area contributed by atoms with Crippen molar-refractivity contribution in [1.29, 1.82) is 0 Å². The number of hydrogen-bond donors (Lipinski definition) is 6. The van der Waals surface area contributed by atoms with Crippen LogP contribution in [0.1, 0.15) is 13.8 Å². The Hall–Kier alpha value is -0.900. The minimum atomic E-state index is -2.88. The summed E-state index contributed by atoms with van der Waals surface area (Å²) in [5, 5.41) is 55.8. The average Bonchev–Trinajstić information content (AvgIpc) is 2.33. The Morgan fingerprint density at radius 2 is 1.39 bits per heavy atom.